The van der Waals surface area contributed by atoms with Gasteiger partial charge in [-0.2, -0.15) is 0 Å². The molecule has 0 saturated carbocycles. The highest BCUT2D eigenvalue weighted by molar-refractivity contribution is 5.92. The molecule has 0 atom stereocenters. The first-order chi connectivity index (χ1) is 9.78. The van der Waals surface area contributed by atoms with Gasteiger partial charge in [0.15, 0.2) is 0 Å². The summed E-state index contributed by atoms with van der Waals surface area (Å²) in [6.07, 6.45) is 5.41. The Hall–Kier alpha value is -2.37. The summed E-state index contributed by atoms with van der Waals surface area (Å²) in [5.41, 5.74) is 1.41. The minimum atomic E-state index is -0.0395. The van der Waals surface area contributed by atoms with Gasteiger partial charge < -0.3 is 14.8 Å². The fraction of sp³-hybridized carbons (Fsp3) is 0.357. The third-order valence-corrected chi connectivity index (χ3v) is 3.40. The summed E-state index contributed by atoms with van der Waals surface area (Å²) in [6.45, 7) is 4.89. The fourth-order valence-electron chi connectivity index (χ4n) is 2.34. The zero-order valence-electron chi connectivity index (χ0n) is 11.4. The number of carbonyl (C=O) groups excluding carboxylic acids is 1. The summed E-state index contributed by atoms with van der Waals surface area (Å²) in [4.78, 5) is 22.7. The second-order valence-electron chi connectivity index (χ2n) is 4.73. The van der Waals surface area contributed by atoms with E-state index >= 15 is 0 Å². The van der Waals surface area contributed by atoms with Gasteiger partial charge in [-0.25, -0.2) is 9.97 Å². The number of imidazole rings is 1. The minimum absolute atomic E-state index is 0.0395. The fourth-order valence-corrected chi connectivity index (χ4v) is 2.34. The van der Waals surface area contributed by atoms with Crippen LogP contribution >= 0.6 is 0 Å². The van der Waals surface area contributed by atoms with Crippen LogP contribution in [0.2, 0.25) is 0 Å². The van der Waals surface area contributed by atoms with Gasteiger partial charge in [0.2, 0.25) is 0 Å². The molecule has 1 aliphatic rings. The molecule has 20 heavy (non-hydrogen) atoms. The molecule has 0 fully saturated rings. The molecule has 6 nitrogen and oxygen atoms in total. The molecule has 3 rings (SSSR count). The van der Waals surface area contributed by atoms with Gasteiger partial charge in [0.25, 0.3) is 5.91 Å². The van der Waals surface area contributed by atoms with E-state index in [9.17, 15) is 4.79 Å². The average molecular weight is 271 g/mol. The molecule has 0 radical (unpaired) electrons. The zero-order chi connectivity index (χ0) is 13.9. The SMILES string of the molecule is CCNc1ccc(C(=O)N2CCn3ccnc3C2)nc1. The third-order valence-electron chi connectivity index (χ3n) is 3.40. The predicted molar refractivity (Wildman–Crippen MR) is 75.4 cm³/mol. The lowest BCUT2D eigenvalue weighted by molar-refractivity contribution is 0.0701. The second kappa shape index (κ2) is 5.32. The number of nitrogens with one attached hydrogen (secondary N) is 1. The number of fused-ring (bicyclic) bond motifs is 1. The van der Waals surface area contributed by atoms with Crippen LogP contribution in [0.1, 0.15) is 23.2 Å². The molecule has 2 aromatic heterocycles. The van der Waals surface area contributed by atoms with Gasteiger partial charge in [0.05, 0.1) is 18.4 Å². The van der Waals surface area contributed by atoms with Crippen molar-refractivity contribution in [2.75, 3.05) is 18.4 Å². The standard InChI is InChI=1S/C14H17N5O/c1-2-15-11-3-4-12(17-9-11)14(20)19-8-7-18-6-5-16-13(18)10-19/h3-6,9,15H,2,7-8,10H2,1H3. The molecule has 1 aliphatic heterocycles. The molecule has 1 N–H and O–H groups in total. The highest BCUT2D eigenvalue weighted by Crippen LogP contribution is 2.14. The Balaban J connectivity index is 1.73. The Morgan fingerprint density at radius 2 is 2.25 bits per heavy atom. The molecule has 3 heterocycles. The Bertz CT molecular complexity index is 604. The van der Waals surface area contributed by atoms with Crippen molar-refractivity contribution in [2.24, 2.45) is 0 Å². The van der Waals surface area contributed by atoms with Crippen LogP contribution in [0.3, 0.4) is 0 Å². The molecule has 6 heteroatoms. The van der Waals surface area contributed by atoms with Crippen molar-refractivity contribution in [3.05, 3.63) is 42.2 Å². The van der Waals surface area contributed by atoms with E-state index in [-0.39, 0.29) is 5.91 Å². The average Bonchev–Trinajstić information content (AvgIpc) is 2.95. The number of nitrogens with zero attached hydrogens (tertiary/aromatic N) is 4. The number of carbonyl (C=O) groups is 1. The maximum absolute atomic E-state index is 12.4. The number of amides is 1. The van der Waals surface area contributed by atoms with Crippen molar-refractivity contribution in [3.63, 3.8) is 0 Å². The molecular formula is C14H17N5O. The molecular weight excluding hydrogens is 254 g/mol. The second-order valence-corrected chi connectivity index (χ2v) is 4.73. The van der Waals surface area contributed by atoms with Crippen LogP contribution in [0.25, 0.3) is 0 Å². The zero-order valence-corrected chi connectivity index (χ0v) is 11.4. The number of hydrogen-bond acceptors (Lipinski definition) is 4. The van der Waals surface area contributed by atoms with Crippen LogP contribution in [0.15, 0.2) is 30.7 Å². The Morgan fingerprint density at radius 3 is 3.00 bits per heavy atom. The van der Waals surface area contributed by atoms with E-state index in [2.05, 4.69) is 19.9 Å². The van der Waals surface area contributed by atoms with Crippen molar-refractivity contribution < 1.29 is 4.79 Å². The van der Waals surface area contributed by atoms with Crippen molar-refractivity contribution in [1.29, 1.82) is 0 Å². The monoisotopic (exact) mass is 271 g/mol. The van der Waals surface area contributed by atoms with Gasteiger partial charge in [-0.05, 0) is 19.1 Å². The predicted octanol–water partition coefficient (Wildman–Crippen LogP) is 1.37. The van der Waals surface area contributed by atoms with Crippen molar-refractivity contribution in [3.8, 4) is 0 Å². The maximum Gasteiger partial charge on any atom is 0.272 e. The first-order valence-electron chi connectivity index (χ1n) is 6.77. The lowest BCUT2D eigenvalue weighted by Crippen LogP contribution is -2.38. The normalized spacial score (nSPS) is 13.9. The number of aromatic nitrogens is 3. The summed E-state index contributed by atoms with van der Waals surface area (Å²) in [5, 5.41) is 3.16. The molecule has 0 unspecified atom stereocenters. The van der Waals surface area contributed by atoms with Gasteiger partial charge in [-0.3, -0.25) is 4.79 Å². The van der Waals surface area contributed by atoms with Crippen molar-refractivity contribution in [2.45, 2.75) is 20.0 Å². The van der Waals surface area contributed by atoms with E-state index in [4.69, 9.17) is 0 Å². The number of anilines is 1. The van der Waals surface area contributed by atoms with E-state index in [1.165, 1.54) is 0 Å². The first-order valence-corrected chi connectivity index (χ1v) is 6.77. The Morgan fingerprint density at radius 1 is 1.35 bits per heavy atom. The lowest BCUT2D eigenvalue weighted by Gasteiger charge is -2.27. The van der Waals surface area contributed by atoms with Crippen LogP contribution < -0.4 is 5.32 Å². The van der Waals surface area contributed by atoms with Gasteiger partial charge in [0.1, 0.15) is 11.5 Å². The van der Waals surface area contributed by atoms with E-state index in [1.54, 1.807) is 23.4 Å². The highest BCUT2D eigenvalue weighted by Gasteiger charge is 2.22. The molecule has 2 aromatic rings. The third kappa shape index (κ3) is 2.36. The molecule has 0 aromatic carbocycles. The van der Waals surface area contributed by atoms with Gasteiger partial charge in [0, 0.05) is 32.0 Å². The van der Waals surface area contributed by atoms with Crippen LogP contribution in [0.5, 0.6) is 0 Å². The maximum atomic E-state index is 12.4. The van der Waals surface area contributed by atoms with Crippen LogP contribution in [-0.2, 0) is 13.1 Å². The number of pyridine rings is 1. The summed E-state index contributed by atoms with van der Waals surface area (Å²) < 4.78 is 2.07. The van der Waals surface area contributed by atoms with Crippen LogP contribution in [0.4, 0.5) is 5.69 Å². The quantitative estimate of drug-likeness (QED) is 0.915. The Labute approximate surface area is 117 Å². The lowest BCUT2D eigenvalue weighted by atomic mass is 10.2. The molecule has 0 aliphatic carbocycles. The van der Waals surface area contributed by atoms with E-state index in [0.717, 1.165) is 24.6 Å². The smallest absolute Gasteiger partial charge is 0.272 e. The number of hydrogen-bond donors (Lipinski definition) is 1. The van der Waals surface area contributed by atoms with Gasteiger partial charge in [-0.15, -0.1) is 0 Å². The van der Waals surface area contributed by atoms with Crippen molar-refractivity contribution >= 4 is 11.6 Å². The Kier molecular flexibility index (Phi) is 3.37. The van der Waals surface area contributed by atoms with E-state index in [1.807, 2.05) is 19.2 Å². The summed E-state index contributed by atoms with van der Waals surface area (Å²) in [5.74, 6) is 0.885. The largest absolute Gasteiger partial charge is 0.384 e. The minimum Gasteiger partial charge on any atom is -0.384 e. The van der Waals surface area contributed by atoms with E-state index in [0.29, 0.717) is 18.8 Å². The number of rotatable bonds is 3. The van der Waals surface area contributed by atoms with E-state index < -0.39 is 0 Å². The van der Waals surface area contributed by atoms with Crippen LogP contribution in [-0.4, -0.2) is 38.4 Å². The molecule has 1 amide bonds. The first kappa shape index (κ1) is 12.7. The van der Waals surface area contributed by atoms with Gasteiger partial charge in [-0.1, -0.05) is 0 Å². The molecule has 104 valence electrons. The topological polar surface area (TPSA) is 63.1 Å². The summed E-state index contributed by atoms with van der Waals surface area (Å²) in [6, 6.07) is 3.65. The summed E-state index contributed by atoms with van der Waals surface area (Å²) >= 11 is 0. The molecule has 0 saturated heterocycles. The molecule has 0 spiro atoms. The van der Waals surface area contributed by atoms with Crippen molar-refractivity contribution in [1.82, 2.24) is 19.4 Å². The van der Waals surface area contributed by atoms with Crippen LogP contribution in [0, 0.1) is 0 Å². The summed E-state index contributed by atoms with van der Waals surface area (Å²) in [7, 11) is 0. The van der Waals surface area contributed by atoms with Gasteiger partial charge >= 0.3 is 0 Å². The highest BCUT2D eigenvalue weighted by atomic mass is 16.2. The molecule has 0 bridgehead atoms.